The third-order valence-electron chi connectivity index (χ3n) is 5.73. The largest absolute Gasteiger partial charge is 0.355 e. The Balaban J connectivity index is 1.77. The highest BCUT2D eigenvalue weighted by Gasteiger charge is 2.26. The Labute approximate surface area is 183 Å². The molecule has 2 aromatic heterocycles. The lowest BCUT2D eigenvalue weighted by molar-refractivity contribution is -0.120. The van der Waals surface area contributed by atoms with Crippen LogP contribution in [-0.2, 0) is 4.79 Å². The summed E-state index contributed by atoms with van der Waals surface area (Å²) in [6.07, 6.45) is 2.76. The maximum absolute atomic E-state index is 13.5. The van der Waals surface area contributed by atoms with Gasteiger partial charge in [-0.05, 0) is 56.0 Å². The number of para-hydroxylation sites is 1. The normalized spacial score (nSPS) is 17.1. The zero-order valence-corrected chi connectivity index (χ0v) is 18.3. The Hall–Kier alpha value is -3.13. The van der Waals surface area contributed by atoms with Gasteiger partial charge in [0.2, 0.25) is 11.7 Å². The summed E-state index contributed by atoms with van der Waals surface area (Å²) in [6, 6.07) is 13.5. The Morgan fingerprint density at radius 1 is 1.06 bits per heavy atom. The number of hydrogen-bond acceptors (Lipinski definition) is 5. The number of carbonyl (C=O) groups is 1. The van der Waals surface area contributed by atoms with Crippen molar-refractivity contribution in [2.75, 3.05) is 6.54 Å². The van der Waals surface area contributed by atoms with Crippen molar-refractivity contribution in [3.63, 3.8) is 0 Å². The molecule has 7 nitrogen and oxygen atoms in total. The molecule has 1 N–H and O–H groups in total. The number of amides is 1. The molecule has 1 unspecified atom stereocenters. The summed E-state index contributed by atoms with van der Waals surface area (Å²) >= 11 is 1.42. The van der Waals surface area contributed by atoms with Crippen molar-refractivity contribution in [2.24, 2.45) is 0 Å². The number of benzene rings is 2. The van der Waals surface area contributed by atoms with Crippen molar-refractivity contribution in [3.05, 3.63) is 63.9 Å². The van der Waals surface area contributed by atoms with Gasteiger partial charge in [-0.25, -0.2) is 4.57 Å². The first-order chi connectivity index (χ1) is 15.0. The molecule has 31 heavy (non-hydrogen) atoms. The summed E-state index contributed by atoms with van der Waals surface area (Å²) in [5.41, 5.74) is 3.43. The number of thioether (sulfide) groups is 1. The molecular formula is C23H23N5O2S. The first-order valence-corrected chi connectivity index (χ1v) is 11.3. The standard InChI is InChI=1S/C23H23N5O2S/c1-14-10-11-15(2)18(13-14)27-21(30)16-7-3-4-8-17(16)28-22(27)25-26-23(28)31-19-9-5-6-12-24-20(19)29/h3-4,7-8,10-11,13,19H,5-6,9,12H2,1-2H3,(H,24,29). The fraction of sp³-hybridized carbons (Fsp3) is 0.304. The van der Waals surface area contributed by atoms with Gasteiger partial charge in [0, 0.05) is 6.54 Å². The minimum atomic E-state index is -0.227. The molecule has 2 aromatic carbocycles. The zero-order valence-electron chi connectivity index (χ0n) is 17.5. The van der Waals surface area contributed by atoms with Gasteiger partial charge in [-0.3, -0.25) is 14.0 Å². The molecule has 0 spiro atoms. The fourth-order valence-corrected chi connectivity index (χ4v) is 5.19. The van der Waals surface area contributed by atoms with Crippen LogP contribution in [0.15, 0.2) is 52.4 Å². The van der Waals surface area contributed by atoms with Crippen molar-refractivity contribution in [1.29, 1.82) is 0 Å². The van der Waals surface area contributed by atoms with Crippen LogP contribution in [0.2, 0.25) is 0 Å². The average Bonchev–Trinajstić information content (AvgIpc) is 3.07. The summed E-state index contributed by atoms with van der Waals surface area (Å²) in [7, 11) is 0. The topological polar surface area (TPSA) is 81.3 Å². The Morgan fingerprint density at radius 3 is 2.77 bits per heavy atom. The zero-order chi connectivity index (χ0) is 21.5. The van der Waals surface area contributed by atoms with E-state index in [1.807, 2.05) is 60.7 Å². The Morgan fingerprint density at radius 2 is 1.90 bits per heavy atom. The van der Waals surface area contributed by atoms with E-state index in [9.17, 15) is 9.59 Å². The molecule has 1 saturated heterocycles. The van der Waals surface area contributed by atoms with Crippen LogP contribution in [0.25, 0.3) is 22.4 Å². The molecule has 4 aromatic rings. The first-order valence-electron chi connectivity index (χ1n) is 10.5. The summed E-state index contributed by atoms with van der Waals surface area (Å²) in [5, 5.41) is 12.8. The second-order valence-corrected chi connectivity index (χ2v) is 9.13. The smallest absolute Gasteiger partial charge is 0.267 e. The predicted octanol–water partition coefficient (Wildman–Crippen LogP) is 3.41. The van der Waals surface area contributed by atoms with E-state index in [-0.39, 0.29) is 16.7 Å². The van der Waals surface area contributed by atoms with Crippen LogP contribution in [0.1, 0.15) is 30.4 Å². The third-order valence-corrected chi connectivity index (χ3v) is 6.94. The highest BCUT2D eigenvalue weighted by Crippen LogP contribution is 2.30. The van der Waals surface area contributed by atoms with Crippen molar-refractivity contribution in [3.8, 4) is 5.69 Å². The number of aryl methyl sites for hydroxylation is 2. The first kappa shape index (κ1) is 19.8. The summed E-state index contributed by atoms with van der Waals surface area (Å²) in [6.45, 7) is 4.70. The number of carbonyl (C=O) groups excluding carboxylic acids is 1. The van der Waals surface area contributed by atoms with Crippen LogP contribution in [0.4, 0.5) is 0 Å². The third kappa shape index (κ3) is 3.40. The maximum atomic E-state index is 13.5. The van der Waals surface area contributed by atoms with Crippen LogP contribution in [0.5, 0.6) is 0 Å². The van der Waals surface area contributed by atoms with E-state index in [0.29, 0.717) is 22.9 Å². The molecule has 1 fully saturated rings. The molecule has 5 rings (SSSR count). The minimum absolute atomic E-state index is 0.0337. The molecule has 1 aliphatic heterocycles. The average molecular weight is 434 g/mol. The molecule has 0 saturated carbocycles. The molecule has 1 atom stereocenters. The lowest BCUT2D eigenvalue weighted by atomic mass is 10.1. The predicted molar refractivity (Wildman–Crippen MR) is 122 cm³/mol. The van der Waals surface area contributed by atoms with Gasteiger partial charge in [0.15, 0.2) is 5.16 Å². The van der Waals surface area contributed by atoms with E-state index in [2.05, 4.69) is 15.5 Å². The fourth-order valence-electron chi connectivity index (χ4n) is 4.08. The number of fused-ring (bicyclic) bond motifs is 3. The molecule has 3 heterocycles. The highest BCUT2D eigenvalue weighted by molar-refractivity contribution is 8.00. The van der Waals surface area contributed by atoms with Crippen molar-refractivity contribution >= 4 is 34.3 Å². The molecule has 0 aliphatic carbocycles. The number of rotatable bonds is 3. The molecule has 0 radical (unpaired) electrons. The van der Waals surface area contributed by atoms with Gasteiger partial charge >= 0.3 is 0 Å². The number of hydrogen-bond donors (Lipinski definition) is 1. The van der Waals surface area contributed by atoms with Gasteiger partial charge in [0.05, 0.1) is 21.8 Å². The quantitative estimate of drug-likeness (QED) is 0.536. The van der Waals surface area contributed by atoms with Crippen LogP contribution in [-0.4, -0.2) is 36.9 Å². The molecule has 8 heteroatoms. The molecule has 0 bridgehead atoms. The summed E-state index contributed by atoms with van der Waals surface area (Å²) < 4.78 is 3.54. The highest BCUT2D eigenvalue weighted by atomic mass is 32.2. The monoisotopic (exact) mass is 433 g/mol. The van der Waals surface area contributed by atoms with Gasteiger partial charge < -0.3 is 5.32 Å². The number of aromatic nitrogens is 4. The van der Waals surface area contributed by atoms with Crippen LogP contribution < -0.4 is 10.9 Å². The lowest BCUT2D eigenvalue weighted by Crippen LogP contribution is -2.30. The molecule has 158 valence electrons. The van der Waals surface area contributed by atoms with Crippen LogP contribution in [0, 0.1) is 13.8 Å². The Bertz CT molecular complexity index is 1370. The van der Waals surface area contributed by atoms with E-state index in [4.69, 9.17) is 0 Å². The molecular weight excluding hydrogens is 410 g/mol. The number of nitrogens with one attached hydrogen (secondary N) is 1. The van der Waals surface area contributed by atoms with Gasteiger partial charge in [-0.2, -0.15) is 0 Å². The number of nitrogens with zero attached hydrogens (tertiary/aromatic N) is 4. The van der Waals surface area contributed by atoms with Gasteiger partial charge in [-0.1, -0.05) is 42.4 Å². The van der Waals surface area contributed by atoms with E-state index in [1.54, 1.807) is 4.57 Å². The second-order valence-electron chi connectivity index (χ2n) is 7.96. The van der Waals surface area contributed by atoms with E-state index in [1.165, 1.54) is 11.8 Å². The van der Waals surface area contributed by atoms with Gasteiger partial charge in [0.25, 0.3) is 5.56 Å². The minimum Gasteiger partial charge on any atom is -0.355 e. The van der Waals surface area contributed by atoms with Crippen molar-refractivity contribution in [1.82, 2.24) is 24.5 Å². The lowest BCUT2D eigenvalue weighted by Gasteiger charge is -2.15. The SMILES string of the molecule is Cc1ccc(C)c(-n2c(=O)c3ccccc3n3c(SC4CCCCNC4=O)nnc23)c1. The van der Waals surface area contributed by atoms with E-state index < -0.39 is 0 Å². The summed E-state index contributed by atoms with van der Waals surface area (Å²) in [5.74, 6) is 0.486. The maximum Gasteiger partial charge on any atom is 0.267 e. The van der Waals surface area contributed by atoms with Gasteiger partial charge in [-0.15, -0.1) is 10.2 Å². The van der Waals surface area contributed by atoms with E-state index >= 15 is 0 Å². The Kier molecular flexibility index (Phi) is 5.02. The second kappa shape index (κ2) is 7.85. The van der Waals surface area contributed by atoms with Crippen molar-refractivity contribution < 1.29 is 4.79 Å². The molecule has 1 amide bonds. The summed E-state index contributed by atoms with van der Waals surface area (Å²) in [4.78, 5) is 26.0. The molecule has 1 aliphatic rings. The van der Waals surface area contributed by atoms with Crippen molar-refractivity contribution in [2.45, 2.75) is 43.5 Å². The van der Waals surface area contributed by atoms with Crippen LogP contribution in [0.3, 0.4) is 0 Å². The van der Waals surface area contributed by atoms with Gasteiger partial charge in [0.1, 0.15) is 0 Å². The van der Waals surface area contributed by atoms with Crippen LogP contribution >= 0.6 is 11.8 Å². The van der Waals surface area contributed by atoms with E-state index in [0.717, 1.165) is 41.6 Å².